The van der Waals surface area contributed by atoms with E-state index >= 15 is 0 Å². The molecule has 3 aromatic rings. The van der Waals surface area contributed by atoms with Crippen LogP contribution < -0.4 is 0 Å². The van der Waals surface area contributed by atoms with Crippen LogP contribution in [-0.4, -0.2) is 11.1 Å². The number of fused-ring (bicyclic) bond motifs is 1. The van der Waals surface area contributed by atoms with E-state index in [0.29, 0.717) is 5.71 Å². The molecule has 0 aliphatic carbocycles. The summed E-state index contributed by atoms with van der Waals surface area (Å²) in [5, 5.41) is 1.42. The number of benzene rings is 3. The van der Waals surface area contributed by atoms with Crippen molar-refractivity contribution in [1.82, 2.24) is 0 Å². The lowest BCUT2D eigenvalue weighted by Gasteiger charge is -2.09. The van der Waals surface area contributed by atoms with E-state index in [-0.39, 0.29) is 0 Å². The third-order valence-electron chi connectivity index (χ3n) is 3.29. The molecule has 2 nitrogen and oxygen atoms in total. The minimum atomic E-state index is -0.721. The molecule has 3 heteroatoms. The predicted molar refractivity (Wildman–Crippen MR) is 87.3 cm³/mol. The van der Waals surface area contributed by atoms with Crippen molar-refractivity contribution in [1.29, 1.82) is 0 Å². The fourth-order valence-electron chi connectivity index (χ4n) is 2.40. The number of amides is 1. The minimum absolute atomic E-state index is 0.590. The summed E-state index contributed by atoms with van der Waals surface area (Å²) in [7, 11) is 0. The van der Waals surface area contributed by atoms with Gasteiger partial charge in [-0.15, -0.1) is 0 Å². The molecule has 0 heterocycles. The fraction of sp³-hybridized carbons (Fsp3) is 0. The first kappa shape index (κ1) is 13.5. The molecule has 21 heavy (non-hydrogen) atoms. The van der Waals surface area contributed by atoms with Gasteiger partial charge in [-0.3, -0.25) is 4.79 Å². The zero-order chi connectivity index (χ0) is 14.7. The number of carbonyl (C=O) groups excluding carboxylic acids is 1. The minimum Gasteiger partial charge on any atom is -0.253 e. The van der Waals surface area contributed by atoms with Crippen molar-refractivity contribution in [3.05, 3.63) is 83.9 Å². The van der Waals surface area contributed by atoms with Gasteiger partial charge in [0.2, 0.25) is 0 Å². The molecule has 3 aromatic carbocycles. The van der Waals surface area contributed by atoms with Gasteiger partial charge in [-0.2, -0.15) is 4.99 Å². The number of nitrogens with zero attached hydrogens (tertiary/aromatic N) is 1. The molecule has 0 unspecified atom stereocenters. The van der Waals surface area contributed by atoms with Crippen LogP contribution in [0.2, 0.25) is 0 Å². The number of aliphatic imine (C=N–C) groups is 1. The van der Waals surface area contributed by atoms with Gasteiger partial charge in [-0.05, 0) is 22.4 Å². The Morgan fingerprint density at radius 2 is 1.48 bits per heavy atom. The SMILES string of the molecule is O=C(Cl)/N=C(/c1ccccc1)c1cccc2ccccc12. The Hall–Kier alpha value is -2.45. The highest BCUT2D eigenvalue weighted by atomic mass is 35.5. The van der Waals surface area contributed by atoms with E-state index in [2.05, 4.69) is 4.99 Å². The maximum atomic E-state index is 11.3. The summed E-state index contributed by atoms with van der Waals surface area (Å²) in [6.45, 7) is 0. The van der Waals surface area contributed by atoms with E-state index in [1.807, 2.05) is 72.8 Å². The summed E-state index contributed by atoms with van der Waals surface area (Å²) in [5.41, 5.74) is 2.35. The van der Waals surface area contributed by atoms with Crippen LogP contribution >= 0.6 is 11.6 Å². The van der Waals surface area contributed by atoms with Gasteiger partial charge in [-0.25, -0.2) is 0 Å². The molecule has 3 rings (SSSR count). The molecular formula is C18H12ClNO. The first-order chi connectivity index (χ1) is 10.3. The molecule has 0 bridgehead atoms. The van der Waals surface area contributed by atoms with Crippen molar-refractivity contribution >= 4 is 33.5 Å². The highest BCUT2D eigenvalue weighted by Crippen LogP contribution is 2.22. The molecule has 0 saturated carbocycles. The highest BCUT2D eigenvalue weighted by molar-refractivity contribution is 6.64. The Balaban J connectivity index is 2.28. The van der Waals surface area contributed by atoms with Crippen LogP contribution in [0.5, 0.6) is 0 Å². The molecule has 0 atom stereocenters. The van der Waals surface area contributed by atoms with Crippen molar-refractivity contribution in [2.45, 2.75) is 0 Å². The van der Waals surface area contributed by atoms with Crippen LogP contribution in [0, 0.1) is 0 Å². The average molecular weight is 294 g/mol. The van der Waals surface area contributed by atoms with Crippen LogP contribution in [0.1, 0.15) is 11.1 Å². The number of hydrogen-bond donors (Lipinski definition) is 0. The Kier molecular flexibility index (Phi) is 3.80. The lowest BCUT2D eigenvalue weighted by atomic mass is 9.96. The van der Waals surface area contributed by atoms with Gasteiger partial charge in [0.1, 0.15) is 0 Å². The van der Waals surface area contributed by atoms with Crippen molar-refractivity contribution in [3.8, 4) is 0 Å². The largest absolute Gasteiger partial charge is 0.340 e. The summed E-state index contributed by atoms with van der Waals surface area (Å²) in [6.07, 6.45) is 0. The van der Waals surface area contributed by atoms with Crippen LogP contribution in [0.15, 0.2) is 77.8 Å². The standard InChI is InChI=1S/C18H12ClNO/c19-18(21)20-17(14-8-2-1-3-9-14)16-12-6-10-13-7-4-5-11-15(13)16/h1-12H/b20-17-. The van der Waals surface area contributed by atoms with Gasteiger partial charge in [0.25, 0.3) is 0 Å². The molecule has 0 radical (unpaired) electrons. The molecule has 102 valence electrons. The number of rotatable bonds is 2. The maximum Gasteiger partial charge on any atom is 0.340 e. The van der Waals surface area contributed by atoms with Crippen molar-refractivity contribution in [3.63, 3.8) is 0 Å². The number of hydrogen-bond acceptors (Lipinski definition) is 1. The lowest BCUT2D eigenvalue weighted by molar-refractivity contribution is 0.266. The number of halogens is 1. The fourth-order valence-corrected chi connectivity index (χ4v) is 2.48. The average Bonchev–Trinajstić information content (AvgIpc) is 2.53. The first-order valence-electron chi connectivity index (χ1n) is 6.57. The molecule has 0 aromatic heterocycles. The van der Waals surface area contributed by atoms with Crippen molar-refractivity contribution < 1.29 is 4.79 Å². The molecule has 0 saturated heterocycles. The van der Waals surface area contributed by atoms with E-state index in [9.17, 15) is 4.79 Å². The molecular weight excluding hydrogens is 282 g/mol. The van der Waals surface area contributed by atoms with E-state index < -0.39 is 5.37 Å². The molecule has 1 amide bonds. The lowest BCUT2D eigenvalue weighted by Crippen LogP contribution is -2.05. The second kappa shape index (κ2) is 5.90. The Morgan fingerprint density at radius 3 is 2.24 bits per heavy atom. The van der Waals surface area contributed by atoms with E-state index in [0.717, 1.165) is 21.9 Å². The molecule has 0 spiro atoms. The Bertz CT molecular complexity index is 820. The summed E-state index contributed by atoms with van der Waals surface area (Å²) in [6, 6.07) is 23.5. The Morgan fingerprint density at radius 1 is 0.810 bits per heavy atom. The van der Waals surface area contributed by atoms with Gasteiger partial charge >= 0.3 is 5.37 Å². The predicted octanol–water partition coefficient (Wildman–Crippen LogP) is 5.04. The smallest absolute Gasteiger partial charge is 0.253 e. The quantitative estimate of drug-likeness (QED) is 0.370. The topological polar surface area (TPSA) is 29.4 Å². The number of carbonyl (C=O) groups is 1. The highest BCUT2D eigenvalue weighted by Gasteiger charge is 2.11. The summed E-state index contributed by atoms with van der Waals surface area (Å²) < 4.78 is 0. The van der Waals surface area contributed by atoms with Crippen molar-refractivity contribution in [2.24, 2.45) is 4.99 Å². The third kappa shape index (κ3) is 2.86. The first-order valence-corrected chi connectivity index (χ1v) is 6.95. The van der Waals surface area contributed by atoms with E-state index in [1.165, 1.54) is 0 Å². The monoisotopic (exact) mass is 293 g/mol. The van der Waals surface area contributed by atoms with Crippen LogP contribution in [0.3, 0.4) is 0 Å². The van der Waals surface area contributed by atoms with Gasteiger partial charge in [0.15, 0.2) is 0 Å². The molecule has 0 aliphatic heterocycles. The molecule has 0 aliphatic rings. The van der Waals surface area contributed by atoms with Gasteiger partial charge in [0.05, 0.1) is 5.71 Å². The Labute approximate surface area is 127 Å². The maximum absolute atomic E-state index is 11.3. The van der Waals surface area contributed by atoms with Crippen LogP contribution in [0.4, 0.5) is 4.79 Å². The van der Waals surface area contributed by atoms with Gasteiger partial charge in [0, 0.05) is 11.1 Å². The summed E-state index contributed by atoms with van der Waals surface area (Å²) in [4.78, 5) is 15.3. The second-order valence-electron chi connectivity index (χ2n) is 4.61. The third-order valence-corrected chi connectivity index (χ3v) is 3.38. The van der Waals surface area contributed by atoms with Crippen LogP contribution in [0.25, 0.3) is 10.8 Å². The van der Waals surface area contributed by atoms with Crippen LogP contribution in [-0.2, 0) is 0 Å². The van der Waals surface area contributed by atoms with Crippen molar-refractivity contribution in [2.75, 3.05) is 0 Å². The zero-order valence-corrected chi connectivity index (χ0v) is 11.9. The summed E-state index contributed by atoms with van der Waals surface area (Å²) >= 11 is 5.50. The normalized spacial score (nSPS) is 11.6. The van der Waals surface area contributed by atoms with E-state index in [4.69, 9.17) is 11.6 Å². The zero-order valence-electron chi connectivity index (χ0n) is 11.2. The summed E-state index contributed by atoms with van der Waals surface area (Å²) in [5.74, 6) is 0. The molecule has 0 N–H and O–H groups in total. The second-order valence-corrected chi connectivity index (χ2v) is 4.93. The van der Waals surface area contributed by atoms with E-state index in [1.54, 1.807) is 0 Å². The van der Waals surface area contributed by atoms with Gasteiger partial charge < -0.3 is 0 Å². The van der Waals surface area contributed by atoms with Gasteiger partial charge in [-0.1, -0.05) is 72.8 Å². The molecule has 0 fully saturated rings.